The minimum Gasteiger partial charge on any atom is -0.382 e. The molecular weight excluding hydrogens is 262 g/mol. The summed E-state index contributed by atoms with van der Waals surface area (Å²) in [6.07, 6.45) is 1.88. The zero-order valence-corrected chi connectivity index (χ0v) is 11.7. The molecule has 20 heavy (non-hydrogen) atoms. The second-order valence-corrected chi connectivity index (χ2v) is 4.78. The van der Waals surface area contributed by atoms with Gasteiger partial charge in [-0.3, -0.25) is 9.59 Å². The molecule has 0 spiro atoms. The van der Waals surface area contributed by atoms with Gasteiger partial charge in [0.2, 0.25) is 5.56 Å². The SMILES string of the molecule is CCC1(COC)NC(=O)N(c2ccc(=O)n(C)c2)C1=O. The zero-order valence-electron chi connectivity index (χ0n) is 11.7. The molecule has 0 bridgehead atoms. The number of urea groups is 1. The van der Waals surface area contributed by atoms with Gasteiger partial charge in [-0.25, -0.2) is 9.69 Å². The fourth-order valence-corrected chi connectivity index (χ4v) is 2.25. The van der Waals surface area contributed by atoms with Crippen LogP contribution in [0.15, 0.2) is 23.1 Å². The maximum atomic E-state index is 12.5. The molecule has 3 amide bonds. The molecule has 1 unspecified atom stereocenters. The Hall–Kier alpha value is -2.15. The Kier molecular flexibility index (Phi) is 3.63. The lowest BCUT2D eigenvalue weighted by Crippen LogP contribution is -2.50. The molecule has 1 fully saturated rings. The number of carbonyl (C=O) groups excluding carboxylic acids is 2. The second-order valence-electron chi connectivity index (χ2n) is 4.78. The van der Waals surface area contributed by atoms with Gasteiger partial charge in [-0.1, -0.05) is 6.92 Å². The van der Waals surface area contributed by atoms with E-state index >= 15 is 0 Å². The Morgan fingerprint density at radius 2 is 2.00 bits per heavy atom. The van der Waals surface area contributed by atoms with Crippen molar-refractivity contribution < 1.29 is 14.3 Å². The number of nitrogens with zero attached hydrogens (tertiary/aromatic N) is 2. The smallest absolute Gasteiger partial charge is 0.329 e. The van der Waals surface area contributed by atoms with E-state index in [1.807, 2.05) is 0 Å². The molecule has 1 aliphatic rings. The Balaban J connectivity index is 2.42. The van der Waals surface area contributed by atoms with Crippen LogP contribution in [0.1, 0.15) is 13.3 Å². The van der Waals surface area contributed by atoms with Gasteiger partial charge in [-0.15, -0.1) is 0 Å². The van der Waals surface area contributed by atoms with E-state index in [4.69, 9.17) is 4.74 Å². The van der Waals surface area contributed by atoms with E-state index < -0.39 is 11.6 Å². The van der Waals surface area contributed by atoms with Gasteiger partial charge in [0.15, 0.2) is 0 Å². The molecule has 1 aromatic heterocycles. The molecule has 1 aliphatic heterocycles. The number of ether oxygens (including phenoxy) is 1. The quantitative estimate of drug-likeness (QED) is 0.800. The normalized spacial score (nSPS) is 22.2. The van der Waals surface area contributed by atoms with Crippen molar-refractivity contribution in [2.75, 3.05) is 18.6 Å². The summed E-state index contributed by atoms with van der Waals surface area (Å²) in [6.45, 7) is 1.91. The van der Waals surface area contributed by atoms with Crippen molar-refractivity contribution in [3.63, 3.8) is 0 Å². The Morgan fingerprint density at radius 1 is 1.30 bits per heavy atom. The number of rotatable bonds is 4. The van der Waals surface area contributed by atoms with Crippen molar-refractivity contribution in [3.8, 4) is 0 Å². The first kappa shape index (κ1) is 14.3. The molecule has 7 nitrogen and oxygen atoms in total. The van der Waals surface area contributed by atoms with E-state index in [0.29, 0.717) is 12.1 Å². The third kappa shape index (κ3) is 2.09. The fourth-order valence-electron chi connectivity index (χ4n) is 2.25. The summed E-state index contributed by atoms with van der Waals surface area (Å²) in [4.78, 5) is 37.0. The van der Waals surface area contributed by atoms with Crippen LogP contribution in [-0.4, -0.2) is 35.8 Å². The minimum atomic E-state index is -1.04. The van der Waals surface area contributed by atoms with Gasteiger partial charge in [0.25, 0.3) is 5.91 Å². The van der Waals surface area contributed by atoms with E-state index in [9.17, 15) is 14.4 Å². The number of aromatic nitrogens is 1. The lowest BCUT2D eigenvalue weighted by atomic mass is 9.97. The number of pyridine rings is 1. The van der Waals surface area contributed by atoms with Gasteiger partial charge in [-0.05, 0) is 12.5 Å². The van der Waals surface area contributed by atoms with E-state index in [1.165, 1.54) is 30.0 Å². The third-order valence-corrected chi connectivity index (χ3v) is 3.48. The van der Waals surface area contributed by atoms with Crippen LogP contribution >= 0.6 is 0 Å². The average molecular weight is 279 g/mol. The molecule has 1 aromatic rings. The molecule has 2 heterocycles. The van der Waals surface area contributed by atoms with Gasteiger partial charge < -0.3 is 14.6 Å². The van der Waals surface area contributed by atoms with Crippen molar-refractivity contribution in [3.05, 3.63) is 28.7 Å². The topological polar surface area (TPSA) is 80.6 Å². The van der Waals surface area contributed by atoms with Gasteiger partial charge >= 0.3 is 6.03 Å². The molecule has 2 rings (SSSR count). The first-order valence-electron chi connectivity index (χ1n) is 6.27. The highest BCUT2D eigenvalue weighted by molar-refractivity contribution is 6.23. The molecule has 0 saturated carbocycles. The van der Waals surface area contributed by atoms with Gasteiger partial charge in [0, 0.05) is 26.4 Å². The summed E-state index contributed by atoms with van der Waals surface area (Å²) < 4.78 is 6.37. The number of nitrogens with one attached hydrogen (secondary N) is 1. The van der Waals surface area contributed by atoms with E-state index in [1.54, 1.807) is 14.0 Å². The van der Waals surface area contributed by atoms with Crippen molar-refractivity contribution >= 4 is 17.6 Å². The summed E-state index contributed by atoms with van der Waals surface area (Å²) in [6, 6.07) is 2.27. The Bertz CT molecular complexity index is 610. The Morgan fingerprint density at radius 3 is 2.55 bits per heavy atom. The summed E-state index contributed by atoms with van der Waals surface area (Å²) in [5.41, 5.74) is -0.888. The largest absolute Gasteiger partial charge is 0.382 e. The molecule has 7 heteroatoms. The number of anilines is 1. The van der Waals surface area contributed by atoms with Crippen LogP contribution in [0.2, 0.25) is 0 Å². The standard InChI is InChI=1S/C13H17N3O4/c1-4-13(8-20-3)11(18)16(12(19)14-13)9-5-6-10(17)15(2)7-9/h5-7H,4,8H2,1-3H3,(H,14,19). The summed E-state index contributed by atoms with van der Waals surface area (Å²) in [7, 11) is 3.04. The predicted octanol–water partition coefficient (Wildman–Crippen LogP) is 0.237. The summed E-state index contributed by atoms with van der Waals surface area (Å²) in [5, 5.41) is 2.68. The van der Waals surface area contributed by atoms with Crippen LogP contribution < -0.4 is 15.8 Å². The van der Waals surface area contributed by atoms with Crippen molar-refractivity contribution in [2.45, 2.75) is 18.9 Å². The van der Waals surface area contributed by atoms with E-state index in [0.717, 1.165) is 4.90 Å². The lowest BCUT2D eigenvalue weighted by molar-refractivity contribution is -0.124. The van der Waals surface area contributed by atoms with Gasteiger partial charge in [0.05, 0.1) is 12.3 Å². The number of hydrogen-bond donors (Lipinski definition) is 1. The molecule has 0 aromatic carbocycles. The van der Waals surface area contributed by atoms with Crippen LogP contribution in [0.3, 0.4) is 0 Å². The van der Waals surface area contributed by atoms with E-state index in [2.05, 4.69) is 5.32 Å². The molecule has 108 valence electrons. The maximum Gasteiger partial charge on any atom is 0.329 e. The van der Waals surface area contributed by atoms with E-state index in [-0.39, 0.29) is 18.1 Å². The number of aryl methyl sites for hydroxylation is 1. The Labute approximate surface area is 116 Å². The molecule has 1 atom stereocenters. The molecular formula is C13H17N3O4. The molecule has 1 N–H and O–H groups in total. The molecule has 1 saturated heterocycles. The summed E-state index contributed by atoms with van der Waals surface area (Å²) >= 11 is 0. The predicted molar refractivity (Wildman–Crippen MR) is 72.6 cm³/mol. The van der Waals surface area contributed by atoms with Crippen LogP contribution in [0.4, 0.5) is 10.5 Å². The maximum absolute atomic E-state index is 12.5. The molecule has 0 aliphatic carbocycles. The van der Waals surface area contributed by atoms with Crippen LogP contribution in [-0.2, 0) is 16.6 Å². The highest BCUT2D eigenvalue weighted by Gasteiger charge is 2.50. The zero-order chi connectivity index (χ0) is 14.9. The monoisotopic (exact) mass is 279 g/mol. The number of amides is 3. The van der Waals surface area contributed by atoms with Crippen LogP contribution in [0.5, 0.6) is 0 Å². The number of methoxy groups -OCH3 is 1. The highest BCUT2D eigenvalue weighted by Crippen LogP contribution is 2.26. The van der Waals surface area contributed by atoms with Crippen molar-refractivity contribution in [1.82, 2.24) is 9.88 Å². The van der Waals surface area contributed by atoms with Crippen LogP contribution in [0.25, 0.3) is 0 Å². The second kappa shape index (κ2) is 5.09. The molecule has 0 radical (unpaired) electrons. The fraction of sp³-hybridized carbons (Fsp3) is 0.462. The third-order valence-electron chi connectivity index (χ3n) is 3.48. The lowest BCUT2D eigenvalue weighted by Gasteiger charge is -2.24. The van der Waals surface area contributed by atoms with Gasteiger partial charge in [0.1, 0.15) is 5.54 Å². The average Bonchev–Trinajstić information content (AvgIpc) is 2.66. The first-order valence-corrected chi connectivity index (χ1v) is 6.27. The van der Waals surface area contributed by atoms with Crippen LogP contribution in [0, 0.1) is 0 Å². The summed E-state index contributed by atoms with van der Waals surface area (Å²) in [5.74, 6) is -0.370. The number of hydrogen-bond acceptors (Lipinski definition) is 4. The minimum absolute atomic E-state index is 0.107. The first-order chi connectivity index (χ1) is 9.45. The van der Waals surface area contributed by atoms with Crippen molar-refractivity contribution in [2.24, 2.45) is 7.05 Å². The number of imide groups is 1. The van der Waals surface area contributed by atoms with Crippen molar-refractivity contribution in [1.29, 1.82) is 0 Å². The van der Waals surface area contributed by atoms with Gasteiger partial charge in [-0.2, -0.15) is 0 Å². The highest BCUT2D eigenvalue weighted by atomic mass is 16.5. The number of carbonyl (C=O) groups is 2.